The number of para-hydroxylation sites is 1. The minimum absolute atomic E-state index is 0.175. The van der Waals surface area contributed by atoms with Gasteiger partial charge in [0.05, 0.1) is 18.6 Å². The molecule has 2 aromatic heterocycles. The van der Waals surface area contributed by atoms with Crippen LogP contribution in [0.2, 0.25) is 0 Å². The van der Waals surface area contributed by atoms with Gasteiger partial charge in [-0.15, -0.1) is 11.3 Å². The van der Waals surface area contributed by atoms with Crippen molar-refractivity contribution in [2.45, 2.75) is 5.51 Å². The molecule has 1 saturated heterocycles. The lowest BCUT2D eigenvalue weighted by Crippen LogP contribution is -2.36. The third-order valence-corrected chi connectivity index (χ3v) is 8.51. The summed E-state index contributed by atoms with van der Waals surface area (Å²) in [6.45, 7) is 2.24. The van der Waals surface area contributed by atoms with Crippen molar-refractivity contribution in [3.63, 3.8) is 0 Å². The third kappa shape index (κ3) is 4.18. The van der Waals surface area contributed by atoms with Crippen LogP contribution in [0, 0.1) is 0 Å². The molecule has 0 saturated carbocycles. The molecule has 0 N–H and O–H groups in total. The molecular weight excluding hydrogens is 543 g/mol. The van der Waals surface area contributed by atoms with Crippen molar-refractivity contribution < 1.29 is 34.9 Å². The number of fused-ring (bicyclic) bond motifs is 4. The molecule has 0 amide bonds. The van der Waals surface area contributed by atoms with E-state index in [1.165, 1.54) is 35.6 Å². The summed E-state index contributed by atoms with van der Waals surface area (Å²) in [5.74, 6) is 0.0145. The Morgan fingerprint density at radius 3 is 2.34 bits per heavy atom. The molecule has 0 aliphatic carbocycles. The maximum atomic E-state index is 13.0. The first-order valence-electron chi connectivity index (χ1n) is 11.5. The molecule has 12 heteroatoms. The van der Waals surface area contributed by atoms with Crippen LogP contribution in [0.3, 0.4) is 0 Å². The zero-order chi connectivity index (χ0) is 26.7. The van der Waals surface area contributed by atoms with Gasteiger partial charge in [-0.05, 0) is 24.3 Å². The van der Waals surface area contributed by atoms with Crippen LogP contribution in [-0.2, 0) is 14.9 Å². The van der Waals surface area contributed by atoms with Crippen molar-refractivity contribution in [1.29, 1.82) is 0 Å². The van der Waals surface area contributed by atoms with Crippen molar-refractivity contribution in [2.24, 2.45) is 0 Å². The van der Waals surface area contributed by atoms with Crippen LogP contribution in [0.4, 0.5) is 19.1 Å². The Bertz CT molecular complexity index is 1870. The van der Waals surface area contributed by atoms with E-state index in [9.17, 15) is 26.4 Å². The normalized spacial score (nSPS) is 15.0. The molecule has 0 spiro atoms. The van der Waals surface area contributed by atoms with Crippen molar-refractivity contribution in [3.8, 4) is 16.9 Å². The van der Waals surface area contributed by atoms with Crippen LogP contribution in [-0.4, -0.2) is 40.2 Å². The van der Waals surface area contributed by atoms with Gasteiger partial charge in [-0.1, -0.05) is 30.3 Å². The number of anilines is 1. The molecule has 3 aromatic carbocycles. The van der Waals surface area contributed by atoms with E-state index in [4.69, 9.17) is 9.15 Å². The van der Waals surface area contributed by atoms with Crippen molar-refractivity contribution >= 4 is 58.5 Å². The van der Waals surface area contributed by atoms with Gasteiger partial charge in [-0.25, -0.2) is 0 Å². The summed E-state index contributed by atoms with van der Waals surface area (Å²) in [6.07, 6.45) is 0. The molecule has 7 nitrogen and oxygen atoms in total. The fourth-order valence-corrected chi connectivity index (χ4v) is 6.19. The molecule has 196 valence electrons. The number of rotatable bonds is 4. The van der Waals surface area contributed by atoms with Crippen LogP contribution in [0.25, 0.3) is 42.3 Å². The number of morpholine rings is 1. The number of benzene rings is 3. The monoisotopic (exact) mass is 561 g/mol. The lowest BCUT2D eigenvalue weighted by molar-refractivity contribution is -0.0500. The predicted molar refractivity (Wildman–Crippen MR) is 139 cm³/mol. The summed E-state index contributed by atoms with van der Waals surface area (Å²) < 4.78 is 79.0. The first-order valence-corrected chi connectivity index (χ1v) is 13.7. The Morgan fingerprint density at radius 2 is 1.61 bits per heavy atom. The molecule has 1 fully saturated rings. The van der Waals surface area contributed by atoms with Gasteiger partial charge in [0, 0.05) is 50.5 Å². The third-order valence-electron chi connectivity index (χ3n) is 6.31. The summed E-state index contributed by atoms with van der Waals surface area (Å²) in [5, 5.41) is 1.66. The van der Waals surface area contributed by atoms with Gasteiger partial charge >= 0.3 is 15.6 Å². The maximum absolute atomic E-state index is 13.0. The molecule has 3 heterocycles. The second kappa shape index (κ2) is 9.00. The zero-order valence-corrected chi connectivity index (χ0v) is 21.1. The van der Waals surface area contributed by atoms with Gasteiger partial charge in [0.25, 0.3) is 0 Å². The van der Waals surface area contributed by atoms with E-state index in [2.05, 4.69) is 4.18 Å². The summed E-state index contributed by atoms with van der Waals surface area (Å²) >= 11 is 1.39. The van der Waals surface area contributed by atoms with Crippen molar-refractivity contribution in [3.05, 3.63) is 70.9 Å². The lowest BCUT2D eigenvalue weighted by Gasteiger charge is -2.27. The van der Waals surface area contributed by atoms with Gasteiger partial charge in [-0.2, -0.15) is 21.6 Å². The molecule has 5 aromatic rings. The van der Waals surface area contributed by atoms with Gasteiger partial charge < -0.3 is 18.2 Å². The van der Waals surface area contributed by atoms with Gasteiger partial charge in [0.2, 0.25) is 0 Å². The average molecular weight is 562 g/mol. The Labute approximate surface area is 217 Å². The molecule has 0 atom stereocenters. The van der Waals surface area contributed by atoms with E-state index in [-0.39, 0.29) is 5.43 Å². The topological polar surface area (TPSA) is 86.1 Å². The second-order valence-electron chi connectivity index (χ2n) is 8.66. The van der Waals surface area contributed by atoms with E-state index in [0.717, 1.165) is 15.0 Å². The zero-order valence-electron chi connectivity index (χ0n) is 19.4. The molecular formula is C26H18F3NO6S2. The van der Waals surface area contributed by atoms with Crippen LogP contribution >= 0.6 is 11.3 Å². The Balaban J connectivity index is 1.51. The van der Waals surface area contributed by atoms with E-state index in [1.54, 1.807) is 24.3 Å². The van der Waals surface area contributed by atoms with Crippen molar-refractivity contribution in [1.82, 2.24) is 0 Å². The Morgan fingerprint density at radius 1 is 0.895 bits per heavy atom. The molecule has 1 aliphatic heterocycles. The standard InChI is InChI=1S/C26H18F3NO6S2/c27-26(28,29)38(32,33)36-15-7-8-22-20(13-15)18-5-2-4-17(25(18)37-22)16-3-1-6-19-21(31)14-23(35-24(16)19)30-9-11-34-12-10-30/h1-8,13-14H,9-12H2. The minimum atomic E-state index is -5.80. The molecule has 6 rings (SSSR count). The van der Waals surface area contributed by atoms with E-state index in [1.807, 2.05) is 17.0 Å². The average Bonchev–Trinajstić information content (AvgIpc) is 3.26. The highest BCUT2D eigenvalue weighted by Crippen LogP contribution is 2.43. The quantitative estimate of drug-likeness (QED) is 0.200. The first-order chi connectivity index (χ1) is 18.1. The summed E-state index contributed by atoms with van der Waals surface area (Å²) in [6, 6.07) is 16.2. The van der Waals surface area contributed by atoms with Crippen LogP contribution in [0.1, 0.15) is 0 Å². The van der Waals surface area contributed by atoms with E-state index in [0.29, 0.717) is 59.5 Å². The van der Waals surface area contributed by atoms with Gasteiger partial charge in [0.15, 0.2) is 11.3 Å². The number of ether oxygens (including phenoxy) is 1. The smallest absolute Gasteiger partial charge is 0.440 e. The summed E-state index contributed by atoms with van der Waals surface area (Å²) in [5.41, 5.74) is -3.84. The molecule has 0 bridgehead atoms. The van der Waals surface area contributed by atoms with Crippen molar-refractivity contribution in [2.75, 3.05) is 31.2 Å². The highest BCUT2D eigenvalue weighted by atomic mass is 32.2. The highest BCUT2D eigenvalue weighted by Gasteiger charge is 2.48. The van der Waals surface area contributed by atoms with Crippen LogP contribution in [0.5, 0.6) is 5.75 Å². The summed E-state index contributed by atoms with van der Waals surface area (Å²) in [4.78, 5) is 14.9. The van der Waals surface area contributed by atoms with Gasteiger partial charge in [0.1, 0.15) is 11.3 Å². The van der Waals surface area contributed by atoms with Crippen LogP contribution < -0.4 is 14.5 Å². The molecule has 0 unspecified atom stereocenters. The lowest BCUT2D eigenvalue weighted by atomic mass is 10.0. The van der Waals surface area contributed by atoms with E-state index < -0.39 is 21.4 Å². The van der Waals surface area contributed by atoms with E-state index >= 15 is 0 Å². The molecule has 38 heavy (non-hydrogen) atoms. The number of hydrogen-bond acceptors (Lipinski definition) is 8. The summed E-state index contributed by atoms with van der Waals surface area (Å²) in [7, 11) is -5.80. The first kappa shape index (κ1) is 24.7. The predicted octanol–water partition coefficient (Wildman–Crippen LogP) is 5.89. The Hall–Kier alpha value is -3.61. The molecule has 0 radical (unpaired) electrons. The minimum Gasteiger partial charge on any atom is -0.440 e. The van der Waals surface area contributed by atoms with Crippen LogP contribution in [0.15, 0.2) is 69.9 Å². The number of halogens is 3. The number of thiophene rings is 1. The number of hydrogen-bond donors (Lipinski definition) is 0. The largest absolute Gasteiger partial charge is 0.534 e. The molecule has 1 aliphatic rings. The van der Waals surface area contributed by atoms with Gasteiger partial charge in [-0.3, -0.25) is 4.79 Å². The maximum Gasteiger partial charge on any atom is 0.534 e. The number of alkyl halides is 3. The Kier molecular flexibility index (Phi) is 5.85. The number of nitrogens with zero attached hydrogens (tertiary/aromatic N) is 1. The SMILES string of the molecule is O=c1cc(N2CCOCC2)oc2c(-c3cccc4c3sc3ccc(OS(=O)(=O)C(F)(F)F)cc34)cccc12. The second-order valence-corrected chi connectivity index (χ2v) is 11.2. The fraction of sp³-hybridized carbons (Fsp3) is 0.192. The fourth-order valence-electron chi connectivity index (χ4n) is 4.53. The highest BCUT2D eigenvalue weighted by molar-refractivity contribution is 7.88.